The second-order valence-electron chi connectivity index (χ2n) is 3.72. The van der Waals surface area contributed by atoms with Crippen LogP contribution in [0.25, 0.3) is 0 Å². The predicted molar refractivity (Wildman–Crippen MR) is 71.4 cm³/mol. The molecule has 2 N–H and O–H groups in total. The molecule has 0 aliphatic rings. The number of amides is 1. The number of carbonyl (C=O) groups excluding carboxylic acids is 1. The maximum absolute atomic E-state index is 11.0. The Bertz CT molecular complexity index is 340. The van der Waals surface area contributed by atoms with Crippen LogP contribution in [0, 0.1) is 0 Å². The molecule has 0 aromatic carbocycles. The quantitative estimate of drug-likeness (QED) is 0.841. The molecule has 1 rings (SSSR count). The van der Waals surface area contributed by atoms with Crippen LogP contribution >= 0.6 is 27.3 Å². The molecule has 0 fully saturated rings. The van der Waals surface area contributed by atoms with E-state index in [1.54, 1.807) is 11.3 Å². The first kappa shape index (κ1) is 13.7. The van der Waals surface area contributed by atoms with Gasteiger partial charge in [0.2, 0.25) is 5.91 Å². The third-order valence-corrected chi connectivity index (χ3v) is 4.18. The molecule has 3 nitrogen and oxygen atoms in total. The molecule has 0 unspecified atom stereocenters. The molecule has 1 amide bonds. The lowest BCUT2D eigenvalue weighted by Gasteiger charge is -2.19. The van der Waals surface area contributed by atoms with Crippen LogP contribution < -0.4 is 5.73 Å². The molecule has 90 valence electrons. The second-order valence-corrected chi connectivity index (χ2v) is 5.58. The number of thiophene rings is 1. The lowest BCUT2D eigenvalue weighted by Crippen LogP contribution is -2.33. The lowest BCUT2D eigenvalue weighted by molar-refractivity contribution is -0.119. The summed E-state index contributed by atoms with van der Waals surface area (Å²) in [6, 6.07) is 2.03. The van der Waals surface area contributed by atoms with Crippen molar-refractivity contribution in [2.45, 2.75) is 26.3 Å². The van der Waals surface area contributed by atoms with Gasteiger partial charge in [-0.1, -0.05) is 13.3 Å². The van der Waals surface area contributed by atoms with Gasteiger partial charge in [0, 0.05) is 15.9 Å². The fraction of sp³-hybridized carbons (Fsp3) is 0.545. The van der Waals surface area contributed by atoms with Gasteiger partial charge in [-0.25, -0.2) is 0 Å². The zero-order chi connectivity index (χ0) is 12.0. The van der Waals surface area contributed by atoms with Crippen molar-refractivity contribution in [1.82, 2.24) is 4.90 Å². The second kappa shape index (κ2) is 7.04. The Morgan fingerprint density at radius 2 is 2.38 bits per heavy atom. The number of hydrogen-bond acceptors (Lipinski definition) is 3. The Morgan fingerprint density at radius 1 is 1.62 bits per heavy atom. The van der Waals surface area contributed by atoms with E-state index in [9.17, 15) is 4.79 Å². The van der Waals surface area contributed by atoms with Crippen molar-refractivity contribution < 1.29 is 4.79 Å². The Kier molecular flexibility index (Phi) is 6.01. The number of hydrogen-bond donors (Lipinski definition) is 1. The number of nitrogens with zero attached hydrogens (tertiary/aromatic N) is 1. The van der Waals surface area contributed by atoms with E-state index >= 15 is 0 Å². The number of nitrogens with two attached hydrogens (primary N) is 1. The van der Waals surface area contributed by atoms with Crippen LogP contribution in [0.3, 0.4) is 0 Å². The van der Waals surface area contributed by atoms with Crippen molar-refractivity contribution >= 4 is 33.2 Å². The van der Waals surface area contributed by atoms with E-state index in [1.807, 2.05) is 11.4 Å². The predicted octanol–water partition coefficient (Wildman–Crippen LogP) is 2.60. The summed E-state index contributed by atoms with van der Waals surface area (Å²) in [7, 11) is 0. The van der Waals surface area contributed by atoms with E-state index in [4.69, 9.17) is 5.73 Å². The summed E-state index contributed by atoms with van der Waals surface area (Å²) in [5, 5.41) is 2.04. The summed E-state index contributed by atoms with van der Waals surface area (Å²) in [6.45, 7) is 4.19. The van der Waals surface area contributed by atoms with Gasteiger partial charge in [0.15, 0.2) is 0 Å². The van der Waals surface area contributed by atoms with Gasteiger partial charge < -0.3 is 5.73 Å². The average Bonchev–Trinajstić information content (AvgIpc) is 2.60. The molecule has 0 bridgehead atoms. The summed E-state index contributed by atoms with van der Waals surface area (Å²) in [5.41, 5.74) is 5.24. The number of carbonyl (C=O) groups is 1. The standard InChI is InChI=1S/C11H17BrN2OS/c1-2-3-5-14(8-11(13)15)7-10-9(12)4-6-16-10/h4,6H,2-3,5,7-8H2,1H3,(H2,13,15). The van der Waals surface area contributed by atoms with Crippen LogP contribution in [-0.2, 0) is 11.3 Å². The minimum absolute atomic E-state index is 0.260. The molecule has 0 radical (unpaired) electrons. The summed E-state index contributed by atoms with van der Waals surface area (Å²) in [4.78, 5) is 14.3. The highest BCUT2D eigenvalue weighted by Gasteiger charge is 2.11. The lowest BCUT2D eigenvalue weighted by atomic mass is 10.3. The Balaban J connectivity index is 2.55. The maximum Gasteiger partial charge on any atom is 0.231 e. The molecule has 1 aromatic heterocycles. The highest BCUT2D eigenvalue weighted by molar-refractivity contribution is 9.10. The zero-order valence-electron chi connectivity index (χ0n) is 9.41. The molecule has 0 spiro atoms. The first-order valence-corrected chi connectivity index (χ1v) is 7.03. The van der Waals surface area contributed by atoms with Gasteiger partial charge in [-0.15, -0.1) is 11.3 Å². The Hall–Kier alpha value is -0.390. The monoisotopic (exact) mass is 304 g/mol. The summed E-state index contributed by atoms with van der Waals surface area (Å²) in [6.07, 6.45) is 2.22. The summed E-state index contributed by atoms with van der Waals surface area (Å²) >= 11 is 5.19. The van der Waals surface area contributed by atoms with Crippen molar-refractivity contribution in [1.29, 1.82) is 0 Å². The van der Waals surface area contributed by atoms with Crippen LogP contribution in [-0.4, -0.2) is 23.9 Å². The Labute approximate surface area is 109 Å². The SMILES string of the molecule is CCCCN(CC(N)=O)Cc1sccc1Br. The fourth-order valence-corrected chi connectivity index (χ4v) is 2.98. The number of unbranched alkanes of at least 4 members (excludes halogenated alkanes) is 1. The molecule has 0 aliphatic carbocycles. The van der Waals surface area contributed by atoms with Gasteiger partial charge in [-0.2, -0.15) is 0 Å². The van der Waals surface area contributed by atoms with Gasteiger partial charge in [-0.05, 0) is 40.3 Å². The van der Waals surface area contributed by atoms with Crippen LogP contribution in [0.15, 0.2) is 15.9 Å². The van der Waals surface area contributed by atoms with E-state index in [0.717, 1.165) is 30.4 Å². The topological polar surface area (TPSA) is 46.3 Å². The number of rotatable bonds is 7. The van der Waals surface area contributed by atoms with E-state index in [1.165, 1.54) is 4.88 Å². The molecule has 5 heteroatoms. The van der Waals surface area contributed by atoms with Crippen LogP contribution in [0.5, 0.6) is 0 Å². The first-order valence-electron chi connectivity index (χ1n) is 5.36. The van der Waals surface area contributed by atoms with Gasteiger partial charge in [-0.3, -0.25) is 9.69 Å². The van der Waals surface area contributed by atoms with E-state index < -0.39 is 0 Å². The molecular formula is C11H17BrN2OS. The van der Waals surface area contributed by atoms with Gasteiger partial charge >= 0.3 is 0 Å². The molecule has 1 aromatic rings. The van der Waals surface area contributed by atoms with Crippen LogP contribution in [0.2, 0.25) is 0 Å². The van der Waals surface area contributed by atoms with Gasteiger partial charge in [0.05, 0.1) is 6.54 Å². The van der Waals surface area contributed by atoms with Crippen molar-refractivity contribution in [3.8, 4) is 0 Å². The minimum Gasteiger partial charge on any atom is -0.369 e. The fourth-order valence-electron chi connectivity index (χ4n) is 1.46. The number of halogens is 1. The molecule has 0 saturated heterocycles. The van der Waals surface area contributed by atoms with Crippen molar-refractivity contribution in [3.05, 3.63) is 20.8 Å². The molecular weight excluding hydrogens is 288 g/mol. The largest absolute Gasteiger partial charge is 0.369 e. The number of primary amides is 1. The average molecular weight is 305 g/mol. The summed E-state index contributed by atoms with van der Waals surface area (Å²) in [5.74, 6) is -0.260. The molecule has 16 heavy (non-hydrogen) atoms. The smallest absolute Gasteiger partial charge is 0.231 e. The third-order valence-electron chi connectivity index (χ3n) is 2.27. The van der Waals surface area contributed by atoms with Crippen molar-refractivity contribution in [2.24, 2.45) is 5.73 Å². The molecule has 0 atom stereocenters. The minimum atomic E-state index is -0.260. The molecule has 0 aliphatic heterocycles. The third kappa shape index (κ3) is 4.63. The van der Waals surface area contributed by atoms with Gasteiger partial charge in [0.25, 0.3) is 0 Å². The van der Waals surface area contributed by atoms with Crippen molar-refractivity contribution in [3.63, 3.8) is 0 Å². The highest BCUT2D eigenvalue weighted by atomic mass is 79.9. The van der Waals surface area contributed by atoms with Crippen LogP contribution in [0.4, 0.5) is 0 Å². The van der Waals surface area contributed by atoms with Crippen molar-refractivity contribution in [2.75, 3.05) is 13.1 Å². The first-order chi connectivity index (χ1) is 7.63. The molecule has 1 heterocycles. The van der Waals surface area contributed by atoms with E-state index in [-0.39, 0.29) is 5.91 Å². The summed E-state index contributed by atoms with van der Waals surface area (Å²) < 4.78 is 1.11. The highest BCUT2D eigenvalue weighted by Crippen LogP contribution is 2.24. The Morgan fingerprint density at radius 3 is 2.88 bits per heavy atom. The van der Waals surface area contributed by atoms with Gasteiger partial charge in [0.1, 0.15) is 0 Å². The normalized spacial score (nSPS) is 10.9. The maximum atomic E-state index is 11.0. The van der Waals surface area contributed by atoms with E-state index in [0.29, 0.717) is 6.54 Å². The molecule has 0 saturated carbocycles. The van der Waals surface area contributed by atoms with E-state index in [2.05, 4.69) is 27.8 Å². The van der Waals surface area contributed by atoms with Crippen LogP contribution in [0.1, 0.15) is 24.6 Å². The zero-order valence-corrected chi connectivity index (χ0v) is 11.8.